The van der Waals surface area contributed by atoms with Crippen LogP contribution in [-0.4, -0.2) is 26.8 Å². The lowest BCUT2D eigenvalue weighted by Gasteiger charge is -2.19. The fourth-order valence-corrected chi connectivity index (χ4v) is 4.56. The summed E-state index contributed by atoms with van der Waals surface area (Å²) in [6.45, 7) is 10.4. The molecule has 2 heterocycles. The third kappa shape index (κ3) is 8.91. The SMILES string of the molecule is CCc1cncc(Nc2cc(COc3ccc(NC(=O)NC(C=C(N)C(C)(C)C)=Nc4ccc(C)cc4)c4ccccc34)ccn2)n1. The standard InChI is InChI=1S/C37H40N8O2/c1-6-26-21-39-22-35(41-26)44-33-19-25(17-18-40-33)23-47-31-16-15-30(28-9-7-8-10-29(28)31)43-36(46)45-34(20-32(38)37(3,4)5)42-27-13-11-24(2)12-14-27/h7-22H,6,23,38H2,1-5H3,(H,40,41,44)(H2,42,43,45,46). The van der Waals surface area contributed by atoms with Gasteiger partial charge in [-0.3, -0.25) is 10.3 Å². The highest BCUT2D eigenvalue weighted by molar-refractivity contribution is 6.11. The topological polar surface area (TPSA) is 139 Å². The van der Waals surface area contributed by atoms with Gasteiger partial charge in [0.15, 0.2) is 0 Å². The molecular formula is C37H40N8O2. The number of hydrogen-bond acceptors (Lipinski definition) is 8. The molecule has 240 valence electrons. The Morgan fingerprint density at radius 3 is 2.49 bits per heavy atom. The Labute approximate surface area is 275 Å². The number of allylic oxidation sites excluding steroid dienone is 1. The Bertz CT molecular complexity index is 1930. The Morgan fingerprint density at radius 2 is 1.74 bits per heavy atom. The van der Waals surface area contributed by atoms with Crippen molar-refractivity contribution in [2.75, 3.05) is 10.6 Å². The number of fused-ring (bicyclic) bond motifs is 1. The van der Waals surface area contributed by atoms with E-state index in [-0.39, 0.29) is 5.41 Å². The number of amidine groups is 1. The zero-order valence-corrected chi connectivity index (χ0v) is 27.3. The molecule has 0 bridgehead atoms. The van der Waals surface area contributed by atoms with E-state index in [1.807, 2.05) is 107 Å². The van der Waals surface area contributed by atoms with Crippen molar-refractivity contribution >= 4 is 45.6 Å². The van der Waals surface area contributed by atoms with Gasteiger partial charge in [0.25, 0.3) is 0 Å². The number of pyridine rings is 1. The average Bonchev–Trinajstić information content (AvgIpc) is 3.05. The molecule has 0 saturated carbocycles. The van der Waals surface area contributed by atoms with Crippen LogP contribution >= 0.6 is 0 Å². The number of anilines is 3. The third-order valence-corrected chi connectivity index (χ3v) is 7.34. The highest BCUT2D eigenvalue weighted by Gasteiger charge is 2.16. The number of aromatic nitrogens is 3. The molecule has 0 saturated heterocycles. The summed E-state index contributed by atoms with van der Waals surface area (Å²) in [6.07, 6.45) is 7.64. The van der Waals surface area contributed by atoms with E-state index in [1.54, 1.807) is 24.7 Å². The predicted molar refractivity (Wildman–Crippen MR) is 189 cm³/mol. The molecule has 3 aromatic carbocycles. The lowest BCUT2D eigenvalue weighted by molar-refractivity contribution is 0.256. The van der Waals surface area contributed by atoms with Crippen LogP contribution < -0.4 is 26.4 Å². The van der Waals surface area contributed by atoms with Crippen LogP contribution in [0, 0.1) is 12.3 Å². The van der Waals surface area contributed by atoms with Crippen LogP contribution in [0.5, 0.6) is 5.75 Å². The summed E-state index contributed by atoms with van der Waals surface area (Å²) < 4.78 is 6.27. The summed E-state index contributed by atoms with van der Waals surface area (Å²) in [5.41, 5.74) is 10.9. The fourth-order valence-electron chi connectivity index (χ4n) is 4.56. The van der Waals surface area contributed by atoms with E-state index >= 15 is 0 Å². The van der Waals surface area contributed by atoms with Gasteiger partial charge < -0.3 is 21.1 Å². The van der Waals surface area contributed by atoms with Crippen LogP contribution in [0.25, 0.3) is 10.8 Å². The summed E-state index contributed by atoms with van der Waals surface area (Å²) in [7, 11) is 0. The summed E-state index contributed by atoms with van der Waals surface area (Å²) >= 11 is 0. The first-order valence-corrected chi connectivity index (χ1v) is 15.5. The number of urea groups is 1. The smallest absolute Gasteiger partial charge is 0.324 e. The van der Waals surface area contributed by atoms with Crippen LogP contribution in [0.1, 0.15) is 44.5 Å². The van der Waals surface area contributed by atoms with Crippen molar-refractivity contribution in [3.63, 3.8) is 0 Å². The van der Waals surface area contributed by atoms with Gasteiger partial charge in [0.2, 0.25) is 0 Å². The number of nitrogens with zero attached hydrogens (tertiary/aromatic N) is 4. The van der Waals surface area contributed by atoms with Gasteiger partial charge in [-0.25, -0.2) is 19.8 Å². The second-order valence-corrected chi connectivity index (χ2v) is 12.1. The van der Waals surface area contributed by atoms with Crippen molar-refractivity contribution in [3.05, 3.63) is 120 Å². The van der Waals surface area contributed by atoms with Gasteiger partial charge in [-0.2, -0.15) is 0 Å². The monoisotopic (exact) mass is 628 g/mol. The Balaban J connectivity index is 1.32. The van der Waals surface area contributed by atoms with Gasteiger partial charge in [0.1, 0.15) is 29.8 Å². The van der Waals surface area contributed by atoms with Crippen LogP contribution in [0.2, 0.25) is 0 Å². The van der Waals surface area contributed by atoms with Crippen molar-refractivity contribution in [1.82, 2.24) is 20.3 Å². The number of benzene rings is 3. The molecule has 0 radical (unpaired) electrons. The maximum absolute atomic E-state index is 13.3. The molecule has 0 fully saturated rings. The van der Waals surface area contributed by atoms with Crippen molar-refractivity contribution in [2.45, 2.75) is 47.6 Å². The molecule has 2 aromatic heterocycles. The van der Waals surface area contributed by atoms with Crippen LogP contribution in [-0.2, 0) is 13.0 Å². The Hall–Kier alpha value is -5.77. The number of nitrogens with two attached hydrogens (primary N) is 1. The van der Waals surface area contributed by atoms with E-state index in [2.05, 4.69) is 35.9 Å². The van der Waals surface area contributed by atoms with Crippen molar-refractivity contribution < 1.29 is 9.53 Å². The number of amides is 2. The molecule has 5 N–H and O–H groups in total. The zero-order valence-electron chi connectivity index (χ0n) is 27.3. The van der Waals surface area contributed by atoms with Gasteiger partial charge in [0, 0.05) is 40.4 Å². The number of nitrogens with one attached hydrogen (secondary N) is 3. The molecule has 10 heteroatoms. The third-order valence-electron chi connectivity index (χ3n) is 7.34. The van der Waals surface area contributed by atoms with E-state index in [4.69, 9.17) is 10.5 Å². The first-order chi connectivity index (χ1) is 22.6. The lowest BCUT2D eigenvalue weighted by Crippen LogP contribution is -2.34. The van der Waals surface area contributed by atoms with Crippen LogP contribution in [0.15, 0.2) is 108 Å². The highest BCUT2D eigenvalue weighted by Crippen LogP contribution is 2.32. The first-order valence-electron chi connectivity index (χ1n) is 15.5. The fraction of sp³-hybridized carbons (Fsp3) is 0.216. The maximum atomic E-state index is 13.3. The largest absolute Gasteiger partial charge is 0.488 e. The maximum Gasteiger partial charge on any atom is 0.324 e. The number of hydrogen-bond donors (Lipinski definition) is 4. The van der Waals surface area contributed by atoms with E-state index in [0.29, 0.717) is 46.9 Å². The molecule has 2 amide bonds. The van der Waals surface area contributed by atoms with Gasteiger partial charge in [0.05, 0.1) is 23.3 Å². The average molecular weight is 629 g/mol. The molecule has 10 nitrogen and oxygen atoms in total. The Kier molecular flexibility index (Phi) is 10.1. The minimum Gasteiger partial charge on any atom is -0.488 e. The number of carbonyl (C=O) groups excluding carboxylic acids is 1. The number of rotatable bonds is 9. The zero-order chi connectivity index (χ0) is 33.4. The summed E-state index contributed by atoms with van der Waals surface area (Å²) in [4.78, 5) is 31.1. The summed E-state index contributed by atoms with van der Waals surface area (Å²) in [5, 5.41) is 10.8. The number of ether oxygens (including phenoxy) is 1. The molecule has 0 aliphatic heterocycles. The Morgan fingerprint density at radius 1 is 0.979 bits per heavy atom. The summed E-state index contributed by atoms with van der Waals surface area (Å²) in [6, 6.07) is 22.5. The van der Waals surface area contributed by atoms with Gasteiger partial charge >= 0.3 is 6.03 Å². The molecule has 0 aliphatic rings. The molecule has 47 heavy (non-hydrogen) atoms. The van der Waals surface area contributed by atoms with Crippen molar-refractivity contribution in [1.29, 1.82) is 0 Å². The molecule has 0 atom stereocenters. The normalized spacial score (nSPS) is 12.1. The lowest BCUT2D eigenvalue weighted by atomic mass is 9.92. The van der Waals surface area contributed by atoms with E-state index in [0.717, 1.165) is 34.0 Å². The molecule has 0 aliphatic carbocycles. The second-order valence-electron chi connectivity index (χ2n) is 12.1. The van der Waals surface area contributed by atoms with Crippen molar-refractivity contribution in [3.8, 4) is 5.75 Å². The van der Waals surface area contributed by atoms with Crippen LogP contribution in [0.3, 0.4) is 0 Å². The van der Waals surface area contributed by atoms with E-state index in [9.17, 15) is 4.79 Å². The van der Waals surface area contributed by atoms with Crippen molar-refractivity contribution in [2.24, 2.45) is 16.1 Å². The molecule has 0 unspecified atom stereocenters. The van der Waals surface area contributed by atoms with Gasteiger partial charge in [-0.05, 0) is 55.3 Å². The number of aryl methyl sites for hydroxylation is 2. The highest BCUT2D eigenvalue weighted by atomic mass is 16.5. The molecule has 5 aromatic rings. The molecule has 0 spiro atoms. The molecular weight excluding hydrogens is 588 g/mol. The first kappa shape index (κ1) is 32.6. The van der Waals surface area contributed by atoms with Gasteiger partial charge in [-0.1, -0.05) is 69.7 Å². The predicted octanol–water partition coefficient (Wildman–Crippen LogP) is 7.96. The van der Waals surface area contributed by atoms with Gasteiger partial charge in [-0.15, -0.1) is 0 Å². The van der Waals surface area contributed by atoms with Crippen LogP contribution in [0.4, 0.5) is 27.8 Å². The second kappa shape index (κ2) is 14.6. The minimum atomic E-state index is -0.446. The van der Waals surface area contributed by atoms with E-state index < -0.39 is 6.03 Å². The summed E-state index contributed by atoms with van der Waals surface area (Å²) in [5.74, 6) is 2.30. The quantitative estimate of drug-likeness (QED) is 0.0959. The van der Waals surface area contributed by atoms with E-state index in [1.165, 1.54) is 0 Å². The number of carbonyl (C=O) groups is 1. The molecule has 5 rings (SSSR count). The minimum absolute atomic E-state index is 0.304. The number of aliphatic imine (C=N–C) groups is 1.